The van der Waals surface area contributed by atoms with Crippen LogP contribution >= 0.6 is 27.5 Å². The zero-order valence-corrected chi connectivity index (χ0v) is 22.6. The Labute approximate surface area is 218 Å². The highest BCUT2D eigenvalue weighted by molar-refractivity contribution is 9.09. The zero-order chi connectivity index (χ0) is 26.0. The Kier molecular flexibility index (Phi) is 8.46. The van der Waals surface area contributed by atoms with Gasteiger partial charge in [-0.05, 0) is 63.4 Å². The molecule has 190 valence electrons. The van der Waals surface area contributed by atoms with Crippen LogP contribution in [0.1, 0.15) is 45.2 Å². The van der Waals surface area contributed by atoms with Gasteiger partial charge < -0.3 is 4.74 Å². The Morgan fingerprint density at radius 1 is 1.14 bits per heavy atom. The Balaban J connectivity index is 1.91. The van der Waals surface area contributed by atoms with Crippen LogP contribution in [-0.4, -0.2) is 47.3 Å². The first kappa shape index (κ1) is 27.4. The van der Waals surface area contributed by atoms with Gasteiger partial charge in [-0.3, -0.25) is 15.0 Å². The van der Waals surface area contributed by atoms with E-state index in [0.717, 1.165) is 17.7 Å². The number of non-ortho nitro benzene ring substituents is 1. The molecule has 0 saturated carbocycles. The Hall–Kier alpha value is -2.21. The molecule has 1 aliphatic heterocycles. The molecule has 0 spiro atoms. The average molecular weight is 589 g/mol. The molecule has 9 nitrogen and oxygen atoms in total. The van der Waals surface area contributed by atoms with Crippen LogP contribution in [-0.2, 0) is 14.8 Å². The van der Waals surface area contributed by atoms with E-state index in [9.17, 15) is 23.3 Å². The van der Waals surface area contributed by atoms with Gasteiger partial charge in [-0.2, -0.15) is 0 Å². The van der Waals surface area contributed by atoms with Crippen LogP contribution in [0.25, 0.3) is 0 Å². The number of hydrogen-bond donors (Lipinski definition) is 1. The predicted molar refractivity (Wildman–Crippen MR) is 136 cm³/mol. The van der Waals surface area contributed by atoms with E-state index < -0.39 is 38.7 Å². The number of nitro groups is 1. The first-order valence-electron chi connectivity index (χ1n) is 10.9. The lowest BCUT2D eigenvalue weighted by molar-refractivity contribution is -0.384. The summed E-state index contributed by atoms with van der Waals surface area (Å²) in [6.45, 7) is 5.36. The van der Waals surface area contributed by atoms with Gasteiger partial charge in [0.25, 0.3) is 5.69 Å². The van der Waals surface area contributed by atoms with Crippen LogP contribution in [0.3, 0.4) is 0 Å². The molecule has 12 heteroatoms. The lowest BCUT2D eigenvalue weighted by Gasteiger charge is -2.35. The Morgan fingerprint density at radius 3 is 2.29 bits per heavy atom. The fourth-order valence-electron chi connectivity index (χ4n) is 3.84. The summed E-state index contributed by atoms with van der Waals surface area (Å²) in [5.41, 5.74) is -0.118. The molecule has 2 aromatic carbocycles. The fourth-order valence-corrected chi connectivity index (χ4v) is 6.09. The molecule has 0 aromatic heterocycles. The van der Waals surface area contributed by atoms with Crippen molar-refractivity contribution < 1.29 is 22.9 Å². The molecule has 2 aromatic rings. The number of sulfonamides is 1. The maximum atomic E-state index is 13.3. The average Bonchev–Trinajstić information content (AvgIpc) is 2.92. The number of likely N-dealkylation sites (tertiary alicyclic amines) is 1. The maximum Gasteiger partial charge on any atom is 0.410 e. The lowest BCUT2D eigenvalue weighted by atomic mass is 10.0. The number of nitrogens with one attached hydrogen (secondary N) is 1. The number of rotatable bonds is 5. The van der Waals surface area contributed by atoms with E-state index in [-0.39, 0.29) is 22.0 Å². The van der Waals surface area contributed by atoms with Gasteiger partial charge in [-0.1, -0.05) is 39.7 Å². The third kappa shape index (κ3) is 7.16. The third-order valence-electron chi connectivity index (χ3n) is 5.41. The standard InChI is InChI=1S/C23H27BrClN3O6S/c1-23(2,3)34-22(29)27-14-17(8-13-20(24)21(27)15-4-6-16(25)7-5-15)26-35(32,33)19-11-9-18(10-12-19)28(30)31/h4-7,9-12,17,20-21,26H,8,13-14H2,1-3H3/t17-,20+,21-/m1/s1. The molecule has 1 aliphatic rings. The van der Waals surface area contributed by atoms with Gasteiger partial charge in [-0.25, -0.2) is 17.9 Å². The molecule has 1 N–H and O–H groups in total. The van der Waals surface area contributed by atoms with E-state index in [2.05, 4.69) is 20.7 Å². The van der Waals surface area contributed by atoms with Gasteiger partial charge in [-0.15, -0.1) is 0 Å². The van der Waals surface area contributed by atoms with Crippen molar-refractivity contribution in [3.05, 3.63) is 69.2 Å². The van der Waals surface area contributed by atoms with Gasteiger partial charge in [0.2, 0.25) is 10.0 Å². The topological polar surface area (TPSA) is 119 Å². The van der Waals surface area contributed by atoms with Crippen molar-refractivity contribution in [1.82, 2.24) is 9.62 Å². The lowest BCUT2D eigenvalue weighted by Crippen LogP contribution is -2.47. The smallest absolute Gasteiger partial charge is 0.410 e. The molecule has 0 aliphatic carbocycles. The largest absolute Gasteiger partial charge is 0.444 e. The van der Waals surface area contributed by atoms with Crippen molar-refractivity contribution in [2.24, 2.45) is 0 Å². The molecular weight excluding hydrogens is 562 g/mol. The zero-order valence-electron chi connectivity index (χ0n) is 19.5. The van der Waals surface area contributed by atoms with Gasteiger partial charge in [0.05, 0.1) is 15.9 Å². The normalized spacial score (nSPS) is 21.3. The second kappa shape index (κ2) is 10.8. The number of hydrogen-bond acceptors (Lipinski definition) is 6. The summed E-state index contributed by atoms with van der Waals surface area (Å²) >= 11 is 9.75. The van der Waals surface area contributed by atoms with Crippen LogP contribution in [0.2, 0.25) is 5.02 Å². The molecule has 1 heterocycles. The van der Waals surface area contributed by atoms with E-state index in [1.54, 1.807) is 32.9 Å². The maximum absolute atomic E-state index is 13.3. The second-order valence-corrected chi connectivity index (χ2v) is 12.6. The summed E-state index contributed by atoms with van der Waals surface area (Å²) in [5.74, 6) is 0. The molecule has 0 bridgehead atoms. The quantitative estimate of drug-likeness (QED) is 0.283. The van der Waals surface area contributed by atoms with E-state index in [1.165, 1.54) is 17.0 Å². The second-order valence-electron chi connectivity index (χ2n) is 9.29. The molecule has 3 rings (SSSR count). The first-order chi connectivity index (χ1) is 16.3. The van der Waals surface area contributed by atoms with Crippen molar-refractivity contribution in [2.45, 2.75) is 61.0 Å². The summed E-state index contributed by atoms with van der Waals surface area (Å²) < 4.78 is 34.4. The van der Waals surface area contributed by atoms with Crippen LogP contribution in [0.5, 0.6) is 0 Å². The van der Waals surface area contributed by atoms with Crippen molar-refractivity contribution in [1.29, 1.82) is 0 Å². The summed E-state index contributed by atoms with van der Waals surface area (Å²) in [4.78, 5) is 24.8. The van der Waals surface area contributed by atoms with Gasteiger partial charge >= 0.3 is 6.09 Å². The molecule has 0 unspecified atom stereocenters. The monoisotopic (exact) mass is 587 g/mol. The molecule has 1 fully saturated rings. The molecule has 3 atom stereocenters. The van der Waals surface area contributed by atoms with E-state index in [4.69, 9.17) is 16.3 Å². The number of ether oxygens (including phenoxy) is 1. The number of nitrogens with zero attached hydrogens (tertiary/aromatic N) is 2. The number of alkyl halides is 1. The number of halogens is 2. The van der Waals surface area contributed by atoms with Gasteiger partial charge in [0.1, 0.15) is 5.60 Å². The van der Waals surface area contributed by atoms with Crippen LogP contribution in [0, 0.1) is 10.1 Å². The Morgan fingerprint density at radius 2 is 1.74 bits per heavy atom. The van der Waals surface area contributed by atoms with E-state index in [1.807, 2.05) is 12.1 Å². The minimum atomic E-state index is -3.99. The van der Waals surface area contributed by atoms with E-state index >= 15 is 0 Å². The van der Waals surface area contributed by atoms with Crippen molar-refractivity contribution >= 4 is 49.3 Å². The van der Waals surface area contributed by atoms with Gasteiger partial charge in [0.15, 0.2) is 0 Å². The minimum Gasteiger partial charge on any atom is -0.444 e. The molecule has 0 radical (unpaired) electrons. The highest BCUT2D eigenvalue weighted by Gasteiger charge is 2.39. The highest BCUT2D eigenvalue weighted by atomic mass is 79.9. The van der Waals surface area contributed by atoms with Crippen LogP contribution in [0.4, 0.5) is 10.5 Å². The Bertz CT molecular complexity index is 1170. The van der Waals surface area contributed by atoms with Crippen molar-refractivity contribution in [3.8, 4) is 0 Å². The summed E-state index contributed by atoms with van der Waals surface area (Å²) in [6.07, 6.45) is 0.453. The summed E-state index contributed by atoms with van der Waals surface area (Å²) in [5, 5.41) is 11.5. The minimum absolute atomic E-state index is 0.0660. The SMILES string of the molecule is CC(C)(C)OC(=O)N1C[C@H](NS(=O)(=O)c2ccc([N+](=O)[O-])cc2)CC[C@H](Br)[C@H]1c1ccc(Cl)cc1. The number of carbonyl (C=O) groups excluding carboxylic acids is 1. The van der Waals surface area contributed by atoms with Crippen molar-refractivity contribution in [2.75, 3.05) is 6.54 Å². The van der Waals surface area contributed by atoms with Crippen molar-refractivity contribution in [3.63, 3.8) is 0 Å². The van der Waals surface area contributed by atoms with E-state index in [0.29, 0.717) is 17.9 Å². The van der Waals surface area contributed by atoms with Crippen LogP contribution in [0.15, 0.2) is 53.4 Å². The molecular formula is C23H27BrClN3O6S. The third-order valence-corrected chi connectivity index (χ3v) is 8.15. The fraction of sp³-hybridized carbons (Fsp3) is 0.435. The highest BCUT2D eigenvalue weighted by Crippen LogP contribution is 2.37. The number of nitro benzene ring substituents is 1. The summed E-state index contributed by atoms with van der Waals surface area (Å²) in [6, 6.07) is 10.8. The number of carbonyl (C=O) groups is 1. The van der Waals surface area contributed by atoms with Crippen LogP contribution < -0.4 is 4.72 Å². The molecule has 1 saturated heterocycles. The summed E-state index contributed by atoms with van der Waals surface area (Å²) in [7, 11) is -3.99. The molecule has 35 heavy (non-hydrogen) atoms. The predicted octanol–water partition coefficient (Wildman–Crippen LogP) is 5.43. The number of amides is 1. The van der Waals surface area contributed by atoms with Gasteiger partial charge in [0, 0.05) is 34.6 Å². The number of benzene rings is 2. The molecule has 1 amide bonds. The first-order valence-corrected chi connectivity index (χ1v) is 13.7.